The van der Waals surface area contributed by atoms with Crippen molar-refractivity contribution in [2.45, 2.75) is 45.9 Å². The Hall–Kier alpha value is -0.610. The third kappa shape index (κ3) is 6.71. The fourth-order valence-corrected chi connectivity index (χ4v) is 2.07. The van der Waals surface area contributed by atoms with Crippen molar-refractivity contribution in [1.82, 2.24) is 5.32 Å². The van der Waals surface area contributed by atoms with Crippen molar-refractivity contribution >= 4 is 11.6 Å². The fraction of sp³-hybridized carbons (Fsp3) is 0.625. The minimum absolute atomic E-state index is 0.0538. The van der Waals surface area contributed by atoms with Crippen LogP contribution in [0.5, 0.6) is 0 Å². The van der Waals surface area contributed by atoms with Gasteiger partial charge in [0.25, 0.3) is 0 Å². The Kier molecular flexibility index (Phi) is 8.15. The maximum atomic E-state index is 6.26. The zero-order valence-electron chi connectivity index (χ0n) is 12.9. The highest BCUT2D eigenvalue weighted by molar-refractivity contribution is 6.31. The van der Waals surface area contributed by atoms with Gasteiger partial charge in [0.05, 0.1) is 25.4 Å². The lowest BCUT2D eigenvalue weighted by molar-refractivity contribution is -0.0134. The first-order valence-electron chi connectivity index (χ1n) is 7.21. The lowest BCUT2D eigenvalue weighted by Gasteiger charge is -2.21. The second-order valence-corrected chi connectivity index (χ2v) is 5.77. The summed E-state index contributed by atoms with van der Waals surface area (Å²) in [6, 6.07) is 8.24. The van der Waals surface area contributed by atoms with Crippen LogP contribution in [0.4, 0.5) is 0 Å². The zero-order chi connectivity index (χ0) is 15.0. The molecule has 0 amide bonds. The van der Waals surface area contributed by atoms with E-state index in [0.29, 0.717) is 19.3 Å². The van der Waals surface area contributed by atoms with Gasteiger partial charge in [-0.05, 0) is 19.9 Å². The molecule has 4 heteroatoms. The SMILES string of the molecule is CC(C)NCC(OCCOC(C)C)c1ccccc1Cl. The van der Waals surface area contributed by atoms with Gasteiger partial charge in [0.15, 0.2) is 0 Å². The van der Waals surface area contributed by atoms with Gasteiger partial charge in [-0.2, -0.15) is 0 Å². The Bertz CT molecular complexity index is 382. The Morgan fingerprint density at radius 3 is 2.30 bits per heavy atom. The number of hydrogen-bond acceptors (Lipinski definition) is 3. The first-order valence-corrected chi connectivity index (χ1v) is 7.59. The Balaban J connectivity index is 2.58. The third-order valence-electron chi connectivity index (χ3n) is 2.82. The van der Waals surface area contributed by atoms with E-state index in [1.165, 1.54) is 0 Å². The first kappa shape index (κ1) is 17.4. The third-order valence-corrected chi connectivity index (χ3v) is 3.16. The second-order valence-electron chi connectivity index (χ2n) is 5.36. The minimum atomic E-state index is -0.0538. The topological polar surface area (TPSA) is 30.5 Å². The standard InChI is InChI=1S/C16H26ClNO2/c1-12(2)18-11-16(20-10-9-19-13(3)4)14-7-5-6-8-15(14)17/h5-8,12-13,16,18H,9-11H2,1-4H3. The number of rotatable bonds is 9. The molecule has 0 fully saturated rings. The van der Waals surface area contributed by atoms with Crippen molar-refractivity contribution in [2.75, 3.05) is 19.8 Å². The molecule has 1 rings (SSSR count). The highest BCUT2D eigenvalue weighted by Crippen LogP contribution is 2.25. The van der Waals surface area contributed by atoms with E-state index in [9.17, 15) is 0 Å². The molecule has 0 aliphatic rings. The second kappa shape index (κ2) is 9.35. The molecule has 1 aromatic rings. The summed E-state index contributed by atoms with van der Waals surface area (Å²) in [6.45, 7) is 10.2. The molecule has 114 valence electrons. The van der Waals surface area contributed by atoms with Crippen molar-refractivity contribution in [3.63, 3.8) is 0 Å². The van der Waals surface area contributed by atoms with Crippen LogP contribution in [-0.4, -0.2) is 31.9 Å². The van der Waals surface area contributed by atoms with Crippen LogP contribution in [0.15, 0.2) is 24.3 Å². The largest absolute Gasteiger partial charge is 0.376 e. The molecule has 1 N–H and O–H groups in total. The molecule has 0 saturated carbocycles. The van der Waals surface area contributed by atoms with Gasteiger partial charge in [-0.25, -0.2) is 0 Å². The van der Waals surface area contributed by atoms with Gasteiger partial charge in [-0.15, -0.1) is 0 Å². The molecule has 1 atom stereocenters. The van der Waals surface area contributed by atoms with Crippen molar-refractivity contribution in [3.05, 3.63) is 34.9 Å². The molecule has 0 saturated heterocycles. The number of benzene rings is 1. The quantitative estimate of drug-likeness (QED) is 0.703. The lowest BCUT2D eigenvalue weighted by Crippen LogP contribution is -2.30. The van der Waals surface area contributed by atoms with E-state index in [-0.39, 0.29) is 12.2 Å². The molecule has 0 aliphatic carbocycles. The number of ether oxygens (including phenoxy) is 2. The Morgan fingerprint density at radius 1 is 1.05 bits per heavy atom. The molecule has 0 aliphatic heterocycles. The molecule has 1 aromatic carbocycles. The van der Waals surface area contributed by atoms with Crippen LogP contribution in [-0.2, 0) is 9.47 Å². The van der Waals surface area contributed by atoms with Crippen LogP contribution in [0.25, 0.3) is 0 Å². The van der Waals surface area contributed by atoms with Crippen molar-refractivity contribution in [2.24, 2.45) is 0 Å². The first-order chi connectivity index (χ1) is 9.50. The minimum Gasteiger partial charge on any atom is -0.376 e. The van der Waals surface area contributed by atoms with Crippen molar-refractivity contribution < 1.29 is 9.47 Å². The average molecular weight is 300 g/mol. The van der Waals surface area contributed by atoms with Gasteiger partial charge in [0.2, 0.25) is 0 Å². The van der Waals surface area contributed by atoms with Gasteiger partial charge in [0.1, 0.15) is 0 Å². The van der Waals surface area contributed by atoms with E-state index >= 15 is 0 Å². The zero-order valence-corrected chi connectivity index (χ0v) is 13.6. The van der Waals surface area contributed by atoms with Gasteiger partial charge >= 0.3 is 0 Å². The van der Waals surface area contributed by atoms with Crippen LogP contribution in [0.1, 0.15) is 39.4 Å². The summed E-state index contributed by atoms with van der Waals surface area (Å²) in [5.74, 6) is 0. The van der Waals surface area contributed by atoms with Gasteiger partial charge in [-0.1, -0.05) is 43.6 Å². The maximum Gasteiger partial charge on any atom is 0.0964 e. The van der Waals surface area contributed by atoms with Crippen LogP contribution in [0.2, 0.25) is 5.02 Å². The van der Waals surface area contributed by atoms with Crippen LogP contribution < -0.4 is 5.32 Å². The van der Waals surface area contributed by atoms with E-state index in [1.54, 1.807) is 0 Å². The summed E-state index contributed by atoms with van der Waals surface area (Å²) >= 11 is 6.26. The highest BCUT2D eigenvalue weighted by Gasteiger charge is 2.15. The molecular formula is C16H26ClNO2. The molecular weight excluding hydrogens is 274 g/mol. The molecule has 0 spiro atoms. The van der Waals surface area contributed by atoms with Gasteiger partial charge in [0, 0.05) is 23.2 Å². The summed E-state index contributed by atoms with van der Waals surface area (Å²) in [7, 11) is 0. The number of nitrogens with one attached hydrogen (secondary N) is 1. The Morgan fingerprint density at radius 2 is 1.70 bits per heavy atom. The maximum absolute atomic E-state index is 6.26. The predicted octanol–water partition coefficient (Wildman–Crippen LogP) is 3.82. The predicted molar refractivity (Wildman–Crippen MR) is 84.4 cm³/mol. The van der Waals surface area contributed by atoms with Crippen LogP contribution >= 0.6 is 11.6 Å². The van der Waals surface area contributed by atoms with E-state index in [4.69, 9.17) is 21.1 Å². The summed E-state index contributed by atoms with van der Waals surface area (Å²) < 4.78 is 11.4. The van der Waals surface area contributed by atoms with Crippen molar-refractivity contribution in [1.29, 1.82) is 0 Å². The average Bonchev–Trinajstić information content (AvgIpc) is 2.38. The van der Waals surface area contributed by atoms with E-state index in [0.717, 1.165) is 17.1 Å². The normalized spacial score (nSPS) is 13.2. The summed E-state index contributed by atoms with van der Waals surface area (Å²) in [4.78, 5) is 0. The summed E-state index contributed by atoms with van der Waals surface area (Å²) in [5, 5.41) is 4.14. The summed E-state index contributed by atoms with van der Waals surface area (Å²) in [5.41, 5.74) is 1.02. The smallest absolute Gasteiger partial charge is 0.0964 e. The molecule has 0 radical (unpaired) electrons. The van der Waals surface area contributed by atoms with Gasteiger partial charge < -0.3 is 14.8 Å². The summed E-state index contributed by atoms with van der Waals surface area (Å²) in [6.07, 6.45) is 0.174. The lowest BCUT2D eigenvalue weighted by atomic mass is 10.1. The monoisotopic (exact) mass is 299 g/mol. The molecule has 1 unspecified atom stereocenters. The van der Waals surface area contributed by atoms with Crippen LogP contribution in [0.3, 0.4) is 0 Å². The molecule has 0 aromatic heterocycles. The van der Waals surface area contributed by atoms with E-state index in [2.05, 4.69) is 19.2 Å². The van der Waals surface area contributed by atoms with Gasteiger partial charge in [-0.3, -0.25) is 0 Å². The fourth-order valence-electron chi connectivity index (χ4n) is 1.81. The molecule has 3 nitrogen and oxygen atoms in total. The number of halogens is 1. The molecule has 20 heavy (non-hydrogen) atoms. The highest BCUT2D eigenvalue weighted by atomic mass is 35.5. The molecule has 0 bridgehead atoms. The van der Waals surface area contributed by atoms with Crippen LogP contribution in [0, 0.1) is 0 Å². The Labute approximate surface area is 127 Å². The van der Waals surface area contributed by atoms with E-state index in [1.807, 2.05) is 38.1 Å². The number of hydrogen-bond donors (Lipinski definition) is 1. The molecule has 0 heterocycles. The van der Waals surface area contributed by atoms with E-state index < -0.39 is 0 Å². The van der Waals surface area contributed by atoms with Crippen molar-refractivity contribution in [3.8, 4) is 0 Å².